The Morgan fingerprint density at radius 3 is 2.37 bits per heavy atom. The Bertz CT molecular complexity index is 934. The number of anilines is 2. The number of carboxylic acid groups (broad SMARTS) is 1. The molecule has 1 fully saturated rings. The van der Waals surface area contributed by atoms with Crippen LogP contribution in [0.3, 0.4) is 0 Å². The fraction of sp³-hybridized carbons (Fsp3) is 0.348. The second-order valence-electron chi connectivity index (χ2n) is 7.69. The summed E-state index contributed by atoms with van der Waals surface area (Å²) in [4.78, 5) is 24.6. The van der Waals surface area contributed by atoms with E-state index in [1.807, 2.05) is 19.1 Å². The van der Waals surface area contributed by atoms with Crippen LogP contribution in [-0.4, -0.2) is 22.8 Å². The van der Waals surface area contributed by atoms with Crippen molar-refractivity contribution < 1.29 is 14.7 Å². The second-order valence-corrected chi connectivity index (χ2v) is 7.69. The molecule has 1 unspecified atom stereocenters. The molecule has 6 N–H and O–H groups in total. The predicted octanol–water partition coefficient (Wildman–Crippen LogP) is 3.90. The Morgan fingerprint density at radius 2 is 1.80 bits per heavy atom. The van der Waals surface area contributed by atoms with Crippen molar-refractivity contribution >= 4 is 29.1 Å². The number of hydrogen-bond donors (Lipinski definition) is 5. The number of aliphatic carboxylic acids is 1. The summed E-state index contributed by atoms with van der Waals surface area (Å²) in [6.07, 6.45) is 4.68. The Kier molecular flexibility index (Phi) is 6.72. The van der Waals surface area contributed by atoms with Crippen molar-refractivity contribution in [2.24, 2.45) is 11.7 Å². The first-order valence-corrected chi connectivity index (χ1v) is 10.3. The normalized spacial score (nSPS) is 14.8. The molecular formula is C23H28N4O3. The monoisotopic (exact) mass is 408 g/mol. The van der Waals surface area contributed by atoms with Gasteiger partial charge < -0.3 is 21.5 Å². The van der Waals surface area contributed by atoms with Gasteiger partial charge in [0.1, 0.15) is 5.84 Å². The largest absolute Gasteiger partial charge is 0.479 e. The van der Waals surface area contributed by atoms with Crippen LogP contribution in [0.1, 0.15) is 55.3 Å². The van der Waals surface area contributed by atoms with E-state index in [9.17, 15) is 14.7 Å². The van der Waals surface area contributed by atoms with E-state index in [0.717, 1.165) is 37.7 Å². The zero-order valence-corrected chi connectivity index (χ0v) is 17.1. The number of amidine groups is 1. The van der Waals surface area contributed by atoms with Crippen LogP contribution in [0.5, 0.6) is 0 Å². The van der Waals surface area contributed by atoms with Crippen LogP contribution < -0.4 is 16.4 Å². The summed E-state index contributed by atoms with van der Waals surface area (Å²) in [7, 11) is 0. The number of carboxylic acids is 1. The number of aryl methyl sites for hydroxylation is 1. The summed E-state index contributed by atoms with van der Waals surface area (Å²) < 4.78 is 0. The van der Waals surface area contributed by atoms with E-state index in [4.69, 9.17) is 11.1 Å². The van der Waals surface area contributed by atoms with E-state index < -0.39 is 12.0 Å². The number of amides is 1. The molecule has 2 aromatic carbocycles. The lowest BCUT2D eigenvalue weighted by atomic mass is 10.00. The van der Waals surface area contributed by atoms with Crippen molar-refractivity contribution in [1.29, 1.82) is 5.41 Å². The maximum absolute atomic E-state index is 12.5. The van der Waals surface area contributed by atoms with Crippen molar-refractivity contribution in [2.75, 3.05) is 10.6 Å². The Hall–Kier alpha value is -3.35. The summed E-state index contributed by atoms with van der Waals surface area (Å²) in [6.45, 7) is 1.99. The highest BCUT2D eigenvalue weighted by molar-refractivity contribution is 5.95. The van der Waals surface area contributed by atoms with Crippen molar-refractivity contribution in [2.45, 2.75) is 45.1 Å². The van der Waals surface area contributed by atoms with E-state index >= 15 is 0 Å². The summed E-state index contributed by atoms with van der Waals surface area (Å²) in [5, 5.41) is 23.3. The lowest BCUT2D eigenvalue weighted by molar-refractivity contribution is -0.138. The molecule has 0 bridgehead atoms. The topological polar surface area (TPSA) is 128 Å². The van der Waals surface area contributed by atoms with Gasteiger partial charge in [-0.25, -0.2) is 4.79 Å². The van der Waals surface area contributed by atoms with Gasteiger partial charge in [-0.2, -0.15) is 0 Å². The number of carbonyl (C=O) groups excluding carboxylic acids is 1. The highest BCUT2D eigenvalue weighted by Gasteiger charge is 2.24. The van der Waals surface area contributed by atoms with Crippen molar-refractivity contribution in [3.8, 4) is 0 Å². The Labute approximate surface area is 176 Å². The van der Waals surface area contributed by atoms with Gasteiger partial charge in [0.25, 0.3) is 0 Å². The molecule has 0 radical (unpaired) electrons. The van der Waals surface area contributed by atoms with Crippen LogP contribution in [0.25, 0.3) is 0 Å². The third kappa shape index (κ3) is 5.17. The number of benzene rings is 2. The van der Waals surface area contributed by atoms with Gasteiger partial charge in [-0.05, 0) is 66.8 Å². The average molecular weight is 409 g/mol. The zero-order valence-electron chi connectivity index (χ0n) is 17.1. The lowest BCUT2D eigenvalue weighted by Crippen LogP contribution is -2.23. The van der Waals surface area contributed by atoms with Gasteiger partial charge in [-0.1, -0.05) is 25.8 Å². The van der Waals surface area contributed by atoms with Crippen LogP contribution in [0.4, 0.5) is 11.4 Å². The van der Waals surface area contributed by atoms with E-state index in [1.165, 1.54) is 0 Å². The van der Waals surface area contributed by atoms with Crippen LogP contribution in [-0.2, 0) is 16.0 Å². The molecule has 0 spiro atoms. The van der Waals surface area contributed by atoms with Gasteiger partial charge >= 0.3 is 5.97 Å². The third-order valence-corrected chi connectivity index (χ3v) is 5.50. The highest BCUT2D eigenvalue weighted by Crippen LogP contribution is 2.28. The van der Waals surface area contributed by atoms with Gasteiger partial charge in [-0.15, -0.1) is 0 Å². The quantitative estimate of drug-likeness (QED) is 0.334. The summed E-state index contributed by atoms with van der Waals surface area (Å²) >= 11 is 0. The number of nitrogen functional groups attached to an aromatic ring is 1. The smallest absolute Gasteiger partial charge is 0.330 e. The van der Waals surface area contributed by atoms with Crippen molar-refractivity contribution in [3.05, 3.63) is 59.2 Å². The van der Waals surface area contributed by atoms with Gasteiger partial charge in [0.05, 0.1) is 0 Å². The summed E-state index contributed by atoms with van der Waals surface area (Å²) in [6, 6.07) is 11.2. The molecule has 30 heavy (non-hydrogen) atoms. The molecule has 1 aliphatic carbocycles. The maximum Gasteiger partial charge on any atom is 0.330 e. The highest BCUT2D eigenvalue weighted by atomic mass is 16.4. The average Bonchev–Trinajstić information content (AvgIpc) is 3.27. The number of nitrogens with two attached hydrogens (primary N) is 1. The van der Waals surface area contributed by atoms with Gasteiger partial charge in [0.2, 0.25) is 5.91 Å². The Balaban J connectivity index is 1.84. The fourth-order valence-electron chi connectivity index (χ4n) is 3.79. The minimum absolute atomic E-state index is 0.00589. The molecule has 1 aliphatic rings. The molecule has 3 rings (SSSR count). The van der Waals surface area contributed by atoms with Gasteiger partial charge in [-0.3, -0.25) is 10.2 Å². The molecule has 0 aromatic heterocycles. The van der Waals surface area contributed by atoms with Crippen molar-refractivity contribution in [3.63, 3.8) is 0 Å². The van der Waals surface area contributed by atoms with Crippen LogP contribution in [0.15, 0.2) is 42.5 Å². The number of rotatable bonds is 8. The summed E-state index contributed by atoms with van der Waals surface area (Å²) in [5.74, 6) is -1.03. The molecule has 2 aromatic rings. The first-order valence-electron chi connectivity index (χ1n) is 10.3. The molecule has 1 saturated carbocycles. The summed E-state index contributed by atoms with van der Waals surface area (Å²) in [5.41, 5.74) is 8.79. The predicted molar refractivity (Wildman–Crippen MR) is 118 cm³/mol. The standard InChI is InChI=1S/C23H28N4O3/c1-2-14-11-17(13-19(12-14)27-22(28)16-5-3-4-6-16)20(23(29)30)26-18-9-7-15(8-10-18)21(24)25/h7-13,16,20,26H,2-6H2,1H3,(H3,24,25)(H,27,28)(H,29,30). The fourth-order valence-corrected chi connectivity index (χ4v) is 3.79. The van der Waals surface area contributed by atoms with Gasteiger partial charge in [0, 0.05) is 22.9 Å². The molecule has 1 atom stereocenters. The van der Waals surface area contributed by atoms with Crippen LogP contribution in [0.2, 0.25) is 0 Å². The maximum atomic E-state index is 12.5. The lowest BCUT2D eigenvalue weighted by Gasteiger charge is -2.19. The van der Waals surface area contributed by atoms with Crippen molar-refractivity contribution in [1.82, 2.24) is 0 Å². The van der Waals surface area contributed by atoms with E-state index in [0.29, 0.717) is 22.5 Å². The molecule has 0 saturated heterocycles. The molecular weight excluding hydrogens is 380 g/mol. The molecule has 0 aliphatic heterocycles. The second kappa shape index (κ2) is 9.43. The molecule has 1 amide bonds. The SMILES string of the molecule is CCc1cc(NC(=O)C2CCCC2)cc(C(Nc2ccc(C(=N)N)cc2)C(=O)O)c1. The van der Waals surface area contributed by atoms with Crippen LogP contribution >= 0.6 is 0 Å². The third-order valence-electron chi connectivity index (χ3n) is 5.50. The van der Waals surface area contributed by atoms with E-state index in [1.54, 1.807) is 30.3 Å². The molecule has 158 valence electrons. The van der Waals surface area contributed by atoms with E-state index in [-0.39, 0.29) is 17.7 Å². The molecule has 0 heterocycles. The first kappa shape index (κ1) is 21.4. The number of carbonyl (C=O) groups is 2. The van der Waals surface area contributed by atoms with Gasteiger partial charge in [0.15, 0.2) is 6.04 Å². The van der Waals surface area contributed by atoms with Crippen LogP contribution in [0, 0.1) is 11.3 Å². The number of nitrogens with one attached hydrogen (secondary N) is 3. The molecule has 7 heteroatoms. The Morgan fingerprint density at radius 1 is 1.13 bits per heavy atom. The molecule has 7 nitrogen and oxygen atoms in total. The number of hydrogen-bond acceptors (Lipinski definition) is 4. The minimum atomic E-state index is -1.02. The van der Waals surface area contributed by atoms with E-state index in [2.05, 4.69) is 10.6 Å². The zero-order chi connectivity index (χ0) is 21.7. The minimum Gasteiger partial charge on any atom is -0.479 e. The first-order chi connectivity index (χ1) is 14.4.